The smallest absolute Gasteiger partial charge is 0.0957 e. The molecular formula is C28H32N2. The molecule has 5 atom stereocenters. The lowest BCUT2D eigenvalue weighted by Crippen LogP contribution is -2.48. The van der Waals surface area contributed by atoms with Crippen LogP contribution in [0, 0.1) is 36.0 Å². The van der Waals surface area contributed by atoms with Gasteiger partial charge in [0.05, 0.1) is 6.07 Å². The van der Waals surface area contributed by atoms with Gasteiger partial charge in [0.2, 0.25) is 0 Å². The molecule has 0 saturated heterocycles. The van der Waals surface area contributed by atoms with Gasteiger partial charge in [-0.1, -0.05) is 50.9 Å². The Morgan fingerprint density at radius 3 is 2.50 bits per heavy atom. The van der Waals surface area contributed by atoms with Crippen molar-refractivity contribution < 1.29 is 0 Å². The zero-order valence-electron chi connectivity index (χ0n) is 18.9. The van der Waals surface area contributed by atoms with Crippen molar-refractivity contribution in [2.24, 2.45) is 17.8 Å². The molecule has 3 aliphatic carbocycles. The van der Waals surface area contributed by atoms with Crippen molar-refractivity contribution in [3.63, 3.8) is 0 Å². The van der Waals surface area contributed by atoms with E-state index < -0.39 is 0 Å². The monoisotopic (exact) mass is 396 g/mol. The first-order valence-electron chi connectivity index (χ1n) is 10.9. The van der Waals surface area contributed by atoms with Crippen LogP contribution in [-0.2, 0) is 0 Å². The van der Waals surface area contributed by atoms with Gasteiger partial charge in [0, 0.05) is 17.5 Å². The van der Waals surface area contributed by atoms with E-state index in [1.54, 1.807) is 0 Å². The highest BCUT2D eigenvalue weighted by molar-refractivity contribution is 5.86. The minimum atomic E-state index is 0.0277. The molecule has 5 unspecified atom stereocenters. The van der Waals surface area contributed by atoms with E-state index >= 15 is 0 Å². The Balaban J connectivity index is 1.99. The van der Waals surface area contributed by atoms with Gasteiger partial charge in [0.25, 0.3) is 0 Å². The van der Waals surface area contributed by atoms with Gasteiger partial charge in [-0.15, -0.1) is 0 Å². The summed E-state index contributed by atoms with van der Waals surface area (Å²) in [6, 6.07) is 9.46. The third-order valence-corrected chi connectivity index (χ3v) is 7.83. The fourth-order valence-electron chi connectivity index (χ4n) is 6.64. The summed E-state index contributed by atoms with van der Waals surface area (Å²) in [4.78, 5) is 2.31. The molecule has 0 fully saturated rings. The van der Waals surface area contributed by atoms with Gasteiger partial charge in [-0.05, 0) is 96.7 Å². The average molecular weight is 397 g/mol. The number of aryl methyl sites for hydroxylation is 1. The van der Waals surface area contributed by atoms with Gasteiger partial charge in [0.1, 0.15) is 0 Å². The van der Waals surface area contributed by atoms with Crippen molar-refractivity contribution in [2.75, 3.05) is 14.1 Å². The summed E-state index contributed by atoms with van der Waals surface area (Å²) in [5.41, 5.74) is 10.4. The number of benzene rings is 1. The van der Waals surface area contributed by atoms with Gasteiger partial charge in [-0.25, -0.2) is 0 Å². The summed E-state index contributed by atoms with van der Waals surface area (Å²) in [5.74, 6) is 1.04. The molecule has 1 aromatic rings. The standard InChI is InChI=1S/C28H32N2/c1-9-20-17(4)26-23(28(18(20)5)30(7)8)13-22-16(3)21-12-10-11-15(2)25(21)19(6)27(22)24(26)14-29/h9-12,16,22-23,26,28H,1,4,6,13H2,2-3,5,7-8H3. The van der Waals surface area contributed by atoms with Gasteiger partial charge >= 0.3 is 0 Å². The third-order valence-electron chi connectivity index (χ3n) is 7.83. The van der Waals surface area contributed by atoms with Crippen molar-refractivity contribution in [3.05, 3.63) is 88.6 Å². The Kier molecular flexibility index (Phi) is 4.99. The normalized spacial score (nSPS) is 30.6. The summed E-state index contributed by atoms with van der Waals surface area (Å²) >= 11 is 0. The van der Waals surface area contributed by atoms with Crippen LogP contribution >= 0.6 is 0 Å². The van der Waals surface area contributed by atoms with Gasteiger partial charge in [-0.2, -0.15) is 5.26 Å². The minimum absolute atomic E-state index is 0.0277. The Labute approximate surface area is 181 Å². The SMILES string of the molecule is C=CC1=C(C)C(N(C)C)C2CC3C(=C(C#N)C2C1=C)C(=C)c1c(C)cccc1C3C. The van der Waals surface area contributed by atoms with E-state index in [1.807, 2.05) is 6.08 Å². The maximum atomic E-state index is 10.4. The molecule has 0 aliphatic heterocycles. The van der Waals surface area contributed by atoms with E-state index in [2.05, 4.69) is 83.8 Å². The second kappa shape index (κ2) is 7.25. The van der Waals surface area contributed by atoms with Crippen LogP contribution in [0.15, 0.2) is 71.9 Å². The molecule has 30 heavy (non-hydrogen) atoms. The zero-order chi connectivity index (χ0) is 21.9. The molecule has 0 N–H and O–H groups in total. The Hall–Kier alpha value is -2.63. The molecule has 0 amide bonds. The van der Waals surface area contributed by atoms with E-state index in [9.17, 15) is 5.26 Å². The molecule has 0 saturated carbocycles. The summed E-state index contributed by atoms with van der Waals surface area (Å²) in [6.45, 7) is 19.7. The quantitative estimate of drug-likeness (QED) is 0.595. The van der Waals surface area contributed by atoms with Crippen LogP contribution in [0.25, 0.3) is 5.57 Å². The molecule has 0 aromatic heterocycles. The van der Waals surface area contributed by atoms with Crippen LogP contribution in [0.2, 0.25) is 0 Å². The van der Waals surface area contributed by atoms with E-state index in [1.165, 1.54) is 27.8 Å². The number of hydrogen-bond acceptors (Lipinski definition) is 2. The Bertz CT molecular complexity index is 1070. The largest absolute Gasteiger partial charge is 0.302 e. The summed E-state index contributed by atoms with van der Waals surface area (Å²) < 4.78 is 0. The Morgan fingerprint density at radius 1 is 1.20 bits per heavy atom. The lowest BCUT2D eigenvalue weighted by Gasteiger charge is -2.51. The fraction of sp³-hybridized carbons (Fsp3) is 0.393. The molecule has 0 heterocycles. The number of rotatable bonds is 2. The predicted octanol–water partition coefficient (Wildman–Crippen LogP) is 6.20. The van der Waals surface area contributed by atoms with Crippen LogP contribution in [-0.4, -0.2) is 25.0 Å². The molecule has 154 valence electrons. The highest BCUT2D eigenvalue weighted by Crippen LogP contribution is 2.58. The first kappa shape index (κ1) is 20.6. The van der Waals surface area contributed by atoms with E-state index in [0.717, 1.165) is 28.7 Å². The van der Waals surface area contributed by atoms with Crippen molar-refractivity contribution in [2.45, 2.75) is 39.2 Å². The van der Waals surface area contributed by atoms with Gasteiger partial charge < -0.3 is 4.90 Å². The van der Waals surface area contributed by atoms with Crippen molar-refractivity contribution in [3.8, 4) is 6.07 Å². The maximum absolute atomic E-state index is 10.4. The number of nitrogens with zero attached hydrogens (tertiary/aromatic N) is 2. The first-order valence-corrected chi connectivity index (χ1v) is 10.9. The fourth-order valence-corrected chi connectivity index (χ4v) is 6.64. The number of hydrogen-bond donors (Lipinski definition) is 0. The lowest BCUT2D eigenvalue weighted by molar-refractivity contribution is 0.164. The summed E-state index contributed by atoms with van der Waals surface area (Å²) in [5, 5.41) is 10.4. The Morgan fingerprint density at radius 2 is 1.90 bits per heavy atom. The second-order valence-corrected chi connectivity index (χ2v) is 9.46. The molecule has 4 rings (SSSR count). The number of allylic oxidation sites excluding steroid dienone is 6. The number of nitriles is 1. The van der Waals surface area contributed by atoms with E-state index in [0.29, 0.717) is 17.8 Å². The van der Waals surface area contributed by atoms with Crippen molar-refractivity contribution in [1.82, 2.24) is 4.90 Å². The minimum Gasteiger partial charge on any atom is -0.302 e. The number of fused-ring (bicyclic) bond motifs is 3. The maximum Gasteiger partial charge on any atom is 0.0957 e. The highest BCUT2D eigenvalue weighted by Gasteiger charge is 2.49. The van der Waals surface area contributed by atoms with Crippen LogP contribution in [0.5, 0.6) is 0 Å². The highest BCUT2D eigenvalue weighted by atomic mass is 15.1. The molecule has 0 bridgehead atoms. The molecular weight excluding hydrogens is 364 g/mol. The topological polar surface area (TPSA) is 27.0 Å². The van der Waals surface area contributed by atoms with Crippen LogP contribution in [0.4, 0.5) is 0 Å². The predicted molar refractivity (Wildman–Crippen MR) is 126 cm³/mol. The van der Waals surface area contributed by atoms with Crippen molar-refractivity contribution >= 4 is 5.57 Å². The molecule has 2 nitrogen and oxygen atoms in total. The average Bonchev–Trinajstić information content (AvgIpc) is 2.70. The van der Waals surface area contributed by atoms with Crippen LogP contribution in [0.1, 0.15) is 42.9 Å². The summed E-state index contributed by atoms with van der Waals surface area (Å²) in [7, 11) is 4.29. The van der Waals surface area contributed by atoms with Gasteiger partial charge in [-0.3, -0.25) is 0 Å². The van der Waals surface area contributed by atoms with E-state index in [-0.39, 0.29) is 12.0 Å². The molecule has 2 heteroatoms. The number of likely N-dealkylation sites (N-methyl/N-ethyl adjacent to an activating group) is 1. The van der Waals surface area contributed by atoms with E-state index in [4.69, 9.17) is 0 Å². The molecule has 0 spiro atoms. The third kappa shape index (κ3) is 2.65. The van der Waals surface area contributed by atoms with Crippen LogP contribution < -0.4 is 0 Å². The second-order valence-electron chi connectivity index (χ2n) is 9.46. The van der Waals surface area contributed by atoms with Crippen LogP contribution in [0.3, 0.4) is 0 Å². The lowest BCUT2D eigenvalue weighted by atomic mass is 9.55. The zero-order valence-corrected chi connectivity index (χ0v) is 18.9. The summed E-state index contributed by atoms with van der Waals surface area (Å²) in [6.07, 6.45) is 2.97. The molecule has 3 aliphatic rings. The first-order chi connectivity index (χ1) is 14.2. The molecule has 1 aromatic carbocycles. The molecule has 0 radical (unpaired) electrons. The van der Waals surface area contributed by atoms with Gasteiger partial charge in [0.15, 0.2) is 0 Å². The van der Waals surface area contributed by atoms with Crippen molar-refractivity contribution in [1.29, 1.82) is 5.26 Å².